The zero-order chi connectivity index (χ0) is 23.5. The molecule has 0 unspecified atom stereocenters. The minimum Gasteiger partial charge on any atom is -0.495 e. The van der Waals surface area contributed by atoms with Gasteiger partial charge in [0.2, 0.25) is 0 Å². The van der Waals surface area contributed by atoms with Gasteiger partial charge in [0.1, 0.15) is 11.5 Å². The van der Waals surface area contributed by atoms with Crippen LogP contribution < -0.4 is 9.47 Å². The van der Waals surface area contributed by atoms with Crippen molar-refractivity contribution in [3.8, 4) is 11.5 Å². The van der Waals surface area contributed by atoms with Gasteiger partial charge in [0.05, 0.1) is 37.5 Å². The third kappa shape index (κ3) is 6.87. The van der Waals surface area contributed by atoms with Crippen molar-refractivity contribution in [2.45, 2.75) is 32.5 Å². The van der Waals surface area contributed by atoms with E-state index >= 15 is 0 Å². The SMILES string of the molecule is COCCCCC=C(c1cc(Cl)c(OC)c(COC)c1)c1cc(Cl)c(OC)c(COC)c1. The molecule has 0 radical (unpaired) electrons. The van der Waals surface area contributed by atoms with E-state index in [4.69, 9.17) is 46.9 Å². The van der Waals surface area contributed by atoms with Gasteiger partial charge in [-0.1, -0.05) is 29.3 Å². The Bertz CT molecular complexity index is 846. The van der Waals surface area contributed by atoms with Gasteiger partial charge in [-0.2, -0.15) is 0 Å². The van der Waals surface area contributed by atoms with Gasteiger partial charge >= 0.3 is 0 Å². The molecule has 0 aliphatic rings. The fourth-order valence-corrected chi connectivity index (χ4v) is 4.27. The van der Waals surface area contributed by atoms with Crippen LogP contribution in [0.25, 0.3) is 5.57 Å². The van der Waals surface area contributed by atoms with Crippen molar-refractivity contribution >= 4 is 28.8 Å². The molecule has 2 aromatic rings. The Hall–Kier alpha value is -1.76. The minimum atomic E-state index is 0.385. The second-order valence-electron chi connectivity index (χ2n) is 7.27. The summed E-state index contributed by atoms with van der Waals surface area (Å²) in [6, 6.07) is 7.91. The molecule has 2 rings (SSSR count). The molecular weight excluding hydrogens is 451 g/mol. The molecule has 0 spiro atoms. The Kier molecular flexibility index (Phi) is 11.4. The van der Waals surface area contributed by atoms with Crippen molar-refractivity contribution in [2.75, 3.05) is 42.2 Å². The Balaban J connectivity index is 2.61. The van der Waals surface area contributed by atoms with Gasteiger partial charge in [-0.05, 0) is 60.2 Å². The lowest BCUT2D eigenvalue weighted by Crippen LogP contribution is -2.00. The molecule has 0 aliphatic heterocycles. The summed E-state index contributed by atoms with van der Waals surface area (Å²) in [6.45, 7) is 1.51. The Morgan fingerprint density at radius 2 is 1.22 bits per heavy atom. The molecule has 7 heteroatoms. The van der Waals surface area contributed by atoms with Crippen LogP contribution in [0.2, 0.25) is 10.0 Å². The van der Waals surface area contributed by atoms with Gasteiger partial charge in [-0.15, -0.1) is 0 Å². The van der Waals surface area contributed by atoms with E-state index in [0.29, 0.717) is 34.8 Å². The summed E-state index contributed by atoms with van der Waals surface area (Å²) in [6.07, 6.45) is 5.07. The molecule has 0 aliphatic carbocycles. The first-order valence-corrected chi connectivity index (χ1v) is 11.2. The van der Waals surface area contributed by atoms with Crippen LogP contribution in [0.15, 0.2) is 30.3 Å². The summed E-state index contributed by atoms with van der Waals surface area (Å²) in [7, 11) is 8.22. The number of hydrogen-bond acceptors (Lipinski definition) is 5. The van der Waals surface area contributed by atoms with Crippen molar-refractivity contribution in [1.82, 2.24) is 0 Å². The van der Waals surface area contributed by atoms with Crippen LogP contribution in [0, 0.1) is 0 Å². The summed E-state index contributed by atoms with van der Waals surface area (Å²) in [5.74, 6) is 1.23. The monoisotopic (exact) mass is 482 g/mol. The highest BCUT2D eigenvalue weighted by Crippen LogP contribution is 2.38. The topological polar surface area (TPSA) is 46.2 Å². The second-order valence-corrected chi connectivity index (χ2v) is 8.09. The van der Waals surface area contributed by atoms with Crippen molar-refractivity contribution in [1.29, 1.82) is 0 Å². The fourth-order valence-electron chi connectivity index (χ4n) is 3.63. The van der Waals surface area contributed by atoms with E-state index in [9.17, 15) is 0 Å². The van der Waals surface area contributed by atoms with Gasteiger partial charge in [-0.3, -0.25) is 0 Å². The second kappa shape index (κ2) is 13.7. The standard InChI is InChI=1S/C25H32Cl2O5/c1-28-10-8-6-7-9-21(17-11-19(15-29-2)24(31-4)22(26)13-17)18-12-20(16-30-3)25(32-5)23(27)14-18/h9,11-14H,6-8,10,15-16H2,1-5H3. The smallest absolute Gasteiger partial charge is 0.143 e. The van der Waals surface area contributed by atoms with E-state index in [2.05, 4.69) is 6.08 Å². The number of hydrogen-bond donors (Lipinski definition) is 0. The Morgan fingerprint density at radius 1 is 0.719 bits per heavy atom. The van der Waals surface area contributed by atoms with Crippen molar-refractivity contribution in [3.63, 3.8) is 0 Å². The predicted molar refractivity (Wildman–Crippen MR) is 130 cm³/mol. The molecule has 5 nitrogen and oxygen atoms in total. The van der Waals surface area contributed by atoms with Crippen molar-refractivity contribution < 1.29 is 23.7 Å². The molecular formula is C25H32Cl2O5. The fraction of sp³-hybridized carbons (Fsp3) is 0.440. The van der Waals surface area contributed by atoms with Gasteiger partial charge < -0.3 is 23.7 Å². The summed E-state index contributed by atoms with van der Waals surface area (Å²) in [4.78, 5) is 0. The van der Waals surface area contributed by atoms with E-state index in [0.717, 1.165) is 53.7 Å². The van der Waals surface area contributed by atoms with E-state index in [-0.39, 0.29) is 0 Å². The maximum absolute atomic E-state index is 6.57. The zero-order valence-electron chi connectivity index (χ0n) is 19.4. The largest absolute Gasteiger partial charge is 0.495 e. The first-order valence-electron chi connectivity index (χ1n) is 10.4. The van der Waals surface area contributed by atoms with Gasteiger partial charge in [0, 0.05) is 39.1 Å². The summed E-state index contributed by atoms with van der Waals surface area (Å²) in [5.41, 5.74) is 4.68. The molecule has 0 heterocycles. The van der Waals surface area contributed by atoms with Gasteiger partial charge in [0.25, 0.3) is 0 Å². The van der Waals surface area contributed by atoms with Crippen LogP contribution >= 0.6 is 23.2 Å². The summed E-state index contributed by atoms with van der Waals surface area (Å²) >= 11 is 13.1. The number of ether oxygens (including phenoxy) is 5. The lowest BCUT2D eigenvalue weighted by molar-refractivity contribution is 0.181. The molecule has 0 bridgehead atoms. The normalized spacial score (nSPS) is 10.8. The summed E-state index contributed by atoms with van der Waals surface area (Å²) < 4.78 is 26.9. The molecule has 0 atom stereocenters. The average molecular weight is 483 g/mol. The number of benzene rings is 2. The van der Waals surface area contributed by atoms with Crippen molar-refractivity contribution in [2.24, 2.45) is 0 Å². The van der Waals surface area contributed by atoms with Gasteiger partial charge in [-0.25, -0.2) is 0 Å². The number of unbranched alkanes of at least 4 members (excludes halogenated alkanes) is 2. The van der Waals surface area contributed by atoms with Crippen LogP contribution in [0.5, 0.6) is 11.5 Å². The molecule has 0 aromatic heterocycles. The van der Waals surface area contributed by atoms with E-state index in [1.807, 2.05) is 24.3 Å². The predicted octanol–water partition coefficient (Wildman–Crippen LogP) is 6.55. The van der Waals surface area contributed by atoms with Crippen LogP contribution in [0.1, 0.15) is 41.5 Å². The molecule has 0 N–H and O–H groups in total. The maximum Gasteiger partial charge on any atom is 0.143 e. The molecule has 0 fully saturated rings. The Labute approximate surface area is 201 Å². The van der Waals surface area contributed by atoms with E-state index < -0.39 is 0 Å². The molecule has 2 aromatic carbocycles. The molecule has 0 amide bonds. The average Bonchev–Trinajstić information content (AvgIpc) is 2.76. The first kappa shape index (κ1) is 26.5. The summed E-state index contributed by atoms with van der Waals surface area (Å²) in [5, 5.41) is 1.05. The third-order valence-electron chi connectivity index (χ3n) is 5.02. The molecule has 0 saturated carbocycles. The minimum absolute atomic E-state index is 0.385. The molecule has 32 heavy (non-hydrogen) atoms. The quantitative estimate of drug-likeness (QED) is 0.302. The maximum atomic E-state index is 6.57. The number of rotatable bonds is 13. The van der Waals surface area contributed by atoms with Crippen LogP contribution in [-0.2, 0) is 27.4 Å². The number of methoxy groups -OCH3 is 5. The van der Waals surface area contributed by atoms with Gasteiger partial charge in [0.15, 0.2) is 0 Å². The number of allylic oxidation sites excluding steroid dienone is 1. The van der Waals surface area contributed by atoms with E-state index in [1.54, 1.807) is 35.5 Å². The zero-order valence-corrected chi connectivity index (χ0v) is 20.9. The van der Waals surface area contributed by atoms with Crippen LogP contribution in [0.4, 0.5) is 0 Å². The van der Waals surface area contributed by atoms with Crippen LogP contribution in [-0.4, -0.2) is 42.2 Å². The molecule has 0 saturated heterocycles. The Morgan fingerprint density at radius 3 is 1.62 bits per heavy atom. The van der Waals surface area contributed by atoms with Crippen LogP contribution in [0.3, 0.4) is 0 Å². The van der Waals surface area contributed by atoms with Crippen molar-refractivity contribution in [3.05, 3.63) is 62.6 Å². The highest BCUT2D eigenvalue weighted by molar-refractivity contribution is 6.33. The highest BCUT2D eigenvalue weighted by atomic mass is 35.5. The van der Waals surface area contributed by atoms with E-state index in [1.165, 1.54) is 0 Å². The molecule has 176 valence electrons. The number of halogens is 2. The lowest BCUT2D eigenvalue weighted by atomic mass is 9.93. The highest BCUT2D eigenvalue weighted by Gasteiger charge is 2.17. The first-order chi connectivity index (χ1) is 15.5. The lowest BCUT2D eigenvalue weighted by Gasteiger charge is -2.17. The third-order valence-corrected chi connectivity index (χ3v) is 5.58.